The molecule has 0 saturated heterocycles. The quantitative estimate of drug-likeness (QED) is 0.703. The summed E-state index contributed by atoms with van der Waals surface area (Å²) in [7, 11) is 0. The average molecular weight is 284 g/mol. The van der Waals surface area contributed by atoms with Crippen LogP contribution in [0.5, 0.6) is 6.01 Å². The van der Waals surface area contributed by atoms with Gasteiger partial charge in [0.15, 0.2) is 5.16 Å². The van der Waals surface area contributed by atoms with Gasteiger partial charge in [-0.25, -0.2) is 0 Å². The predicted molar refractivity (Wildman–Crippen MR) is 80.0 cm³/mol. The summed E-state index contributed by atoms with van der Waals surface area (Å²) in [6, 6.07) is 0.416. The lowest BCUT2D eigenvalue weighted by Crippen LogP contribution is -2.08. The van der Waals surface area contributed by atoms with Crippen molar-refractivity contribution in [3.63, 3.8) is 0 Å². The SMILES string of the molecule is CCCOc1nc(NCC)nc(SCC(C)CC)n1. The molecule has 1 heterocycles. The third-order valence-corrected chi connectivity index (χ3v) is 3.73. The van der Waals surface area contributed by atoms with Crippen LogP contribution in [0.25, 0.3) is 0 Å². The van der Waals surface area contributed by atoms with Crippen LogP contribution in [0.1, 0.15) is 40.5 Å². The molecule has 0 saturated carbocycles. The van der Waals surface area contributed by atoms with Crippen LogP contribution in [0.3, 0.4) is 0 Å². The van der Waals surface area contributed by atoms with Gasteiger partial charge in [-0.2, -0.15) is 15.0 Å². The Morgan fingerprint density at radius 3 is 2.63 bits per heavy atom. The summed E-state index contributed by atoms with van der Waals surface area (Å²) in [6.45, 7) is 9.91. The molecule has 5 nitrogen and oxygen atoms in total. The second kappa shape index (κ2) is 8.96. The number of aromatic nitrogens is 3. The zero-order valence-electron chi connectivity index (χ0n) is 12.3. The van der Waals surface area contributed by atoms with Crippen LogP contribution in [-0.2, 0) is 0 Å². The third-order valence-electron chi connectivity index (χ3n) is 2.56. The maximum absolute atomic E-state index is 5.50. The molecule has 0 radical (unpaired) electrons. The molecule has 1 aromatic heterocycles. The van der Waals surface area contributed by atoms with Crippen molar-refractivity contribution in [1.82, 2.24) is 15.0 Å². The van der Waals surface area contributed by atoms with Gasteiger partial charge in [-0.05, 0) is 19.3 Å². The molecule has 1 unspecified atom stereocenters. The number of hydrogen-bond acceptors (Lipinski definition) is 6. The minimum Gasteiger partial charge on any atom is -0.463 e. The normalized spacial score (nSPS) is 12.2. The Labute approximate surface area is 120 Å². The van der Waals surface area contributed by atoms with Crippen LogP contribution in [0.15, 0.2) is 5.16 Å². The van der Waals surface area contributed by atoms with E-state index in [4.69, 9.17) is 4.74 Å². The number of nitrogens with zero attached hydrogens (tertiary/aromatic N) is 3. The van der Waals surface area contributed by atoms with Crippen molar-refractivity contribution < 1.29 is 4.74 Å². The molecule has 6 heteroatoms. The molecule has 0 aromatic carbocycles. The van der Waals surface area contributed by atoms with E-state index in [1.807, 2.05) is 6.92 Å². The van der Waals surface area contributed by atoms with Crippen molar-refractivity contribution in [2.24, 2.45) is 5.92 Å². The van der Waals surface area contributed by atoms with E-state index in [1.165, 1.54) is 0 Å². The van der Waals surface area contributed by atoms with Gasteiger partial charge in [-0.1, -0.05) is 39.0 Å². The summed E-state index contributed by atoms with van der Waals surface area (Å²) < 4.78 is 5.50. The van der Waals surface area contributed by atoms with Gasteiger partial charge in [0.05, 0.1) is 6.61 Å². The van der Waals surface area contributed by atoms with Crippen LogP contribution >= 0.6 is 11.8 Å². The first-order valence-corrected chi connectivity index (χ1v) is 7.93. The number of thioether (sulfide) groups is 1. The van der Waals surface area contributed by atoms with Gasteiger partial charge in [0.25, 0.3) is 0 Å². The second-order valence-corrected chi connectivity index (χ2v) is 5.41. The maximum atomic E-state index is 5.50. The fraction of sp³-hybridized carbons (Fsp3) is 0.769. The molecule has 0 spiro atoms. The minimum absolute atomic E-state index is 0.416. The van der Waals surface area contributed by atoms with E-state index in [0.717, 1.165) is 30.3 Å². The summed E-state index contributed by atoms with van der Waals surface area (Å²) >= 11 is 1.66. The first-order valence-electron chi connectivity index (χ1n) is 6.95. The molecule has 0 aliphatic carbocycles. The lowest BCUT2D eigenvalue weighted by molar-refractivity contribution is 0.288. The first-order chi connectivity index (χ1) is 9.19. The van der Waals surface area contributed by atoms with Gasteiger partial charge >= 0.3 is 6.01 Å². The molecule has 0 amide bonds. The molecule has 1 aromatic rings. The topological polar surface area (TPSA) is 59.9 Å². The molecule has 0 aliphatic rings. The summed E-state index contributed by atoms with van der Waals surface area (Å²) in [6.07, 6.45) is 2.11. The first kappa shape index (κ1) is 16.0. The van der Waals surface area contributed by atoms with Crippen molar-refractivity contribution >= 4 is 17.7 Å². The molecule has 108 valence electrons. The molecule has 1 rings (SSSR count). The number of nitrogens with one attached hydrogen (secondary N) is 1. The fourth-order valence-electron chi connectivity index (χ4n) is 1.23. The van der Waals surface area contributed by atoms with Crippen LogP contribution in [0.4, 0.5) is 5.95 Å². The highest BCUT2D eigenvalue weighted by atomic mass is 32.2. The fourth-order valence-corrected chi connectivity index (χ4v) is 2.20. The lowest BCUT2D eigenvalue weighted by atomic mass is 10.2. The summed E-state index contributed by atoms with van der Waals surface area (Å²) in [5.41, 5.74) is 0. The molecule has 0 bridgehead atoms. The van der Waals surface area contributed by atoms with E-state index in [2.05, 4.69) is 41.0 Å². The van der Waals surface area contributed by atoms with E-state index >= 15 is 0 Å². The monoisotopic (exact) mass is 284 g/mol. The molecule has 1 atom stereocenters. The molecule has 0 fully saturated rings. The zero-order valence-corrected chi connectivity index (χ0v) is 13.1. The van der Waals surface area contributed by atoms with Crippen molar-refractivity contribution in [2.75, 3.05) is 24.2 Å². The summed E-state index contributed by atoms with van der Waals surface area (Å²) in [5.74, 6) is 2.26. The van der Waals surface area contributed by atoms with E-state index in [-0.39, 0.29) is 0 Å². The van der Waals surface area contributed by atoms with E-state index in [1.54, 1.807) is 11.8 Å². The van der Waals surface area contributed by atoms with Crippen molar-refractivity contribution in [3.8, 4) is 6.01 Å². The Morgan fingerprint density at radius 2 is 2.00 bits per heavy atom. The minimum atomic E-state index is 0.416. The van der Waals surface area contributed by atoms with E-state index < -0.39 is 0 Å². The third kappa shape index (κ3) is 6.09. The second-order valence-electron chi connectivity index (χ2n) is 4.43. The van der Waals surface area contributed by atoms with Crippen LogP contribution in [0, 0.1) is 5.92 Å². The van der Waals surface area contributed by atoms with Gasteiger partial charge in [0.1, 0.15) is 0 Å². The standard InChI is InChI=1S/C13H24N4OS/c1-5-8-18-12-15-11(14-7-3)16-13(17-12)19-9-10(4)6-2/h10H,5-9H2,1-4H3,(H,14,15,16,17). The number of rotatable bonds is 9. The Balaban J connectivity index is 2.73. The van der Waals surface area contributed by atoms with Gasteiger partial charge in [-0.3, -0.25) is 0 Å². The van der Waals surface area contributed by atoms with Crippen molar-refractivity contribution in [2.45, 2.75) is 45.7 Å². The van der Waals surface area contributed by atoms with Gasteiger partial charge in [0.2, 0.25) is 5.95 Å². The molecular weight excluding hydrogens is 260 g/mol. The highest BCUT2D eigenvalue weighted by Gasteiger charge is 2.09. The maximum Gasteiger partial charge on any atom is 0.322 e. The molecule has 19 heavy (non-hydrogen) atoms. The zero-order chi connectivity index (χ0) is 14.1. The Hall–Kier alpha value is -1.04. The Morgan fingerprint density at radius 1 is 1.21 bits per heavy atom. The number of anilines is 1. The van der Waals surface area contributed by atoms with Crippen molar-refractivity contribution in [3.05, 3.63) is 0 Å². The van der Waals surface area contributed by atoms with E-state index in [0.29, 0.717) is 24.5 Å². The summed E-state index contributed by atoms with van der Waals surface area (Å²) in [5, 5.41) is 3.84. The molecule has 1 N–H and O–H groups in total. The van der Waals surface area contributed by atoms with Crippen LogP contribution in [0.2, 0.25) is 0 Å². The van der Waals surface area contributed by atoms with Crippen molar-refractivity contribution in [1.29, 1.82) is 0 Å². The lowest BCUT2D eigenvalue weighted by Gasteiger charge is -2.09. The van der Waals surface area contributed by atoms with Crippen LogP contribution in [-0.4, -0.2) is 33.9 Å². The van der Waals surface area contributed by atoms with Gasteiger partial charge in [0, 0.05) is 12.3 Å². The largest absolute Gasteiger partial charge is 0.463 e. The highest BCUT2D eigenvalue weighted by Crippen LogP contribution is 2.21. The summed E-state index contributed by atoms with van der Waals surface area (Å²) in [4.78, 5) is 13.0. The van der Waals surface area contributed by atoms with Gasteiger partial charge < -0.3 is 10.1 Å². The molecule has 0 aliphatic heterocycles. The van der Waals surface area contributed by atoms with E-state index in [9.17, 15) is 0 Å². The number of ether oxygens (including phenoxy) is 1. The number of hydrogen-bond donors (Lipinski definition) is 1. The van der Waals surface area contributed by atoms with Gasteiger partial charge in [-0.15, -0.1) is 0 Å². The van der Waals surface area contributed by atoms with Crippen LogP contribution < -0.4 is 10.1 Å². The Bertz CT molecular complexity index is 376. The predicted octanol–water partition coefficient (Wildman–Crippen LogP) is 3.23. The average Bonchev–Trinajstić information content (AvgIpc) is 2.42. The highest BCUT2D eigenvalue weighted by molar-refractivity contribution is 7.99. The Kier molecular flexibility index (Phi) is 7.55. The molecular formula is C13H24N4OS. The smallest absolute Gasteiger partial charge is 0.322 e.